The molecule has 2 unspecified atom stereocenters. The first-order valence-corrected chi connectivity index (χ1v) is 4.66. The highest BCUT2D eigenvalue weighted by Crippen LogP contribution is 2.21. The van der Waals surface area contributed by atoms with Crippen LogP contribution in [0.2, 0.25) is 0 Å². The average Bonchev–Trinajstić information content (AvgIpc) is 2.03. The van der Waals surface area contributed by atoms with Crippen LogP contribution in [-0.4, -0.2) is 35.9 Å². The summed E-state index contributed by atoms with van der Waals surface area (Å²) in [6.07, 6.45) is 0.801. The number of carboxylic acids is 1. The van der Waals surface area contributed by atoms with Crippen LogP contribution in [0.1, 0.15) is 26.7 Å². The fourth-order valence-corrected chi connectivity index (χ4v) is 1.50. The lowest BCUT2D eigenvalue weighted by Gasteiger charge is -2.38. The van der Waals surface area contributed by atoms with Crippen LogP contribution >= 0.6 is 0 Å². The van der Waals surface area contributed by atoms with Crippen LogP contribution in [0.25, 0.3) is 0 Å². The maximum absolute atomic E-state index is 10.5. The average molecular weight is 187 g/mol. The van der Waals surface area contributed by atoms with Gasteiger partial charge in [-0.25, -0.2) is 0 Å². The van der Waals surface area contributed by atoms with Gasteiger partial charge in [-0.3, -0.25) is 4.79 Å². The van der Waals surface area contributed by atoms with Crippen molar-refractivity contribution in [3.05, 3.63) is 0 Å². The van der Waals surface area contributed by atoms with E-state index in [4.69, 9.17) is 9.84 Å². The lowest BCUT2D eigenvalue weighted by Crippen LogP contribution is -2.52. The zero-order valence-electron chi connectivity index (χ0n) is 8.17. The fraction of sp³-hybridized carbons (Fsp3) is 0.889. The van der Waals surface area contributed by atoms with Crippen molar-refractivity contribution in [1.82, 2.24) is 5.32 Å². The number of hydrogen-bond donors (Lipinski definition) is 2. The summed E-state index contributed by atoms with van der Waals surface area (Å²) < 4.78 is 5.69. The van der Waals surface area contributed by atoms with E-state index in [2.05, 4.69) is 5.32 Å². The third-order valence-electron chi connectivity index (χ3n) is 2.47. The molecule has 13 heavy (non-hydrogen) atoms. The maximum Gasteiger partial charge on any atom is 0.306 e. The summed E-state index contributed by atoms with van der Waals surface area (Å²) in [6, 6.07) is 0. The van der Waals surface area contributed by atoms with Gasteiger partial charge in [0.25, 0.3) is 0 Å². The molecule has 0 saturated carbocycles. The van der Waals surface area contributed by atoms with Crippen molar-refractivity contribution >= 4 is 5.97 Å². The Labute approximate surface area is 78.3 Å². The van der Waals surface area contributed by atoms with E-state index in [9.17, 15) is 4.79 Å². The van der Waals surface area contributed by atoms with Gasteiger partial charge >= 0.3 is 5.97 Å². The highest BCUT2D eigenvalue weighted by Gasteiger charge is 2.31. The van der Waals surface area contributed by atoms with E-state index in [0.717, 1.165) is 13.0 Å². The number of aliphatic carboxylic acids is 1. The number of hydrogen-bond acceptors (Lipinski definition) is 3. The minimum Gasteiger partial charge on any atom is -0.481 e. The smallest absolute Gasteiger partial charge is 0.306 e. The molecule has 0 radical (unpaired) electrons. The van der Waals surface area contributed by atoms with Gasteiger partial charge in [0, 0.05) is 13.1 Å². The van der Waals surface area contributed by atoms with Crippen LogP contribution in [0.3, 0.4) is 0 Å². The van der Waals surface area contributed by atoms with Gasteiger partial charge in [-0.15, -0.1) is 0 Å². The number of nitrogens with one attached hydrogen (secondary N) is 1. The lowest BCUT2D eigenvalue weighted by atomic mass is 10.0. The number of ether oxygens (including phenoxy) is 1. The van der Waals surface area contributed by atoms with Gasteiger partial charge in [0.1, 0.15) is 0 Å². The van der Waals surface area contributed by atoms with Gasteiger partial charge in [-0.2, -0.15) is 0 Å². The molecule has 0 aromatic rings. The molecule has 0 amide bonds. The molecule has 1 aliphatic heterocycles. The Bertz CT molecular complexity index is 195. The highest BCUT2D eigenvalue weighted by molar-refractivity contribution is 5.67. The van der Waals surface area contributed by atoms with Crippen LogP contribution in [0.5, 0.6) is 0 Å². The number of morpholine rings is 1. The minimum atomic E-state index is -0.799. The summed E-state index contributed by atoms with van der Waals surface area (Å²) in [4.78, 5) is 10.5. The van der Waals surface area contributed by atoms with E-state index in [1.165, 1.54) is 0 Å². The number of carboxylic acid groups (broad SMARTS) is 1. The first-order chi connectivity index (χ1) is 6.06. The molecule has 2 N–H and O–H groups in total. The van der Waals surface area contributed by atoms with Gasteiger partial charge in [-0.1, -0.05) is 6.92 Å². The van der Waals surface area contributed by atoms with Gasteiger partial charge < -0.3 is 15.2 Å². The van der Waals surface area contributed by atoms with E-state index >= 15 is 0 Å². The van der Waals surface area contributed by atoms with Gasteiger partial charge in [0.05, 0.1) is 18.1 Å². The molecule has 2 atom stereocenters. The van der Waals surface area contributed by atoms with Crippen molar-refractivity contribution in [2.24, 2.45) is 0 Å². The van der Waals surface area contributed by atoms with Crippen molar-refractivity contribution in [2.75, 3.05) is 13.1 Å². The molecule has 1 fully saturated rings. The zero-order chi connectivity index (χ0) is 9.90. The van der Waals surface area contributed by atoms with Crippen LogP contribution < -0.4 is 5.32 Å². The van der Waals surface area contributed by atoms with Crippen molar-refractivity contribution in [1.29, 1.82) is 0 Å². The van der Waals surface area contributed by atoms with Gasteiger partial charge in [0.2, 0.25) is 0 Å². The van der Waals surface area contributed by atoms with Crippen LogP contribution in [0.15, 0.2) is 0 Å². The molecule has 1 saturated heterocycles. The molecule has 0 spiro atoms. The SMILES string of the molecule is CCC1(C)CNCC(CC(=O)O)O1. The second-order valence-electron chi connectivity index (χ2n) is 3.77. The molecular weight excluding hydrogens is 170 g/mol. The molecule has 0 bridgehead atoms. The Morgan fingerprint density at radius 3 is 3.00 bits per heavy atom. The van der Waals surface area contributed by atoms with Crippen molar-refractivity contribution in [3.63, 3.8) is 0 Å². The van der Waals surface area contributed by atoms with Gasteiger partial charge in [0.15, 0.2) is 0 Å². The molecule has 76 valence electrons. The molecule has 0 aliphatic carbocycles. The number of carbonyl (C=O) groups is 1. The van der Waals surface area contributed by atoms with E-state index in [-0.39, 0.29) is 18.1 Å². The van der Waals surface area contributed by atoms with Crippen molar-refractivity contribution < 1.29 is 14.6 Å². The molecule has 0 aromatic heterocycles. The highest BCUT2D eigenvalue weighted by atomic mass is 16.5. The molecular formula is C9H17NO3. The summed E-state index contributed by atoms with van der Waals surface area (Å²) in [5, 5.41) is 11.8. The van der Waals surface area contributed by atoms with Crippen LogP contribution in [0.4, 0.5) is 0 Å². The molecule has 1 aliphatic rings. The Kier molecular flexibility index (Phi) is 3.27. The molecule has 4 heteroatoms. The van der Waals surface area contributed by atoms with Crippen LogP contribution in [0, 0.1) is 0 Å². The minimum absolute atomic E-state index is 0.0859. The molecule has 0 aromatic carbocycles. The first-order valence-electron chi connectivity index (χ1n) is 4.66. The lowest BCUT2D eigenvalue weighted by molar-refractivity contribution is -0.148. The van der Waals surface area contributed by atoms with E-state index in [1.54, 1.807) is 0 Å². The zero-order valence-corrected chi connectivity index (χ0v) is 8.17. The normalized spacial score (nSPS) is 34.5. The third-order valence-corrected chi connectivity index (χ3v) is 2.47. The molecule has 1 rings (SSSR count). The predicted molar refractivity (Wildman–Crippen MR) is 48.7 cm³/mol. The Morgan fingerprint density at radius 1 is 1.77 bits per heavy atom. The topological polar surface area (TPSA) is 58.6 Å². The van der Waals surface area contributed by atoms with Crippen molar-refractivity contribution in [3.8, 4) is 0 Å². The van der Waals surface area contributed by atoms with Crippen LogP contribution in [-0.2, 0) is 9.53 Å². The standard InChI is InChI=1S/C9H17NO3/c1-3-9(2)6-10-5-7(13-9)4-8(11)12/h7,10H,3-6H2,1-2H3,(H,11,12). The summed E-state index contributed by atoms with van der Waals surface area (Å²) >= 11 is 0. The maximum atomic E-state index is 10.5. The summed E-state index contributed by atoms with van der Waals surface area (Å²) in [7, 11) is 0. The molecule has 4 nitrogen and oxygen atoms in total. The molecule has 1 heterocycles. The van der Waals surface area contributed by atoms with E-state index in [0.29, 0.717) is 6.54 Å². The summed E-state index contributed by atoms with van der Waals surface area (Å²) in [5.41, 5.74) is -0.196. The third kappa shape index (κ3) is 2.97. The summed E-state index contributed by atoms with van der Waals surface area (Å²) in [5.74, 6) is -0.799. The van der Waals surface area contributed by atoms with Crippen molar-refractivity contribution in [2.45, 2.75) is 38.4 Å². The van der Waals surface area contributed by atoms with E-state index in [1.807, 2.05) is 13.8 Å². The largest absolute Gasteiger partial charge is 0.481 e. The Hall–Kier alpha value is -0.610. The van der Waals surface area contributed by atoms with E-state index < -0.39 is 5.97 Å². The fourth-order valence-electron chi connectivity index (χ4n) is 1.50. The number of rotatable bonds is 3. The summed E-state index contributed by atoms with van der Waals surface area (Å²) in [6.45, 7) is 5.50. The predicted octanol–water partition coefficient (Wildman–Crippen LogP) is 0.618. The first kappa shape index (κ1) is 10.5. The van der Waals surface area contributed by atoms with Gasteiger partial charge in [-0.05, 0) is 13.3 Å². The Balaban J connectivity index is 2.46. The monoisotopic (exact) mass is 187 g/mol. The second-order valence-corrected chi connectivity index (χ2v) is 3.77. The quantitative estimate of drug-likeness (QED) is 0.680. The second kappa shape index (κ2) is 4.07. The Morgan fingerprint density at radius 2 is 2.46 bits per heavy atom.